The standard InChI is InChI=1S/C29H62O2SSi/c1-4-6-8-10-12-14-16-18-20-22-24-30-29(33-27-28(3)26-32)31-25-23-21-19-17-15-13-11-9-7-5-2/h28-29,32H,4-27,33H2,1-3H3. The molecule has 2 nitrogen and oxygen atoms in total. The van der Waals surface area contributed by atoms with Crippen LogP contribution in [0.1, 0.15) is 149 Å². The predicted octanol–water partition coefficient (Wildman–Crippen LogP) is 9.30. The van der Waals surface area contributed by atoms with E-state index in [4.69, 9.17) is 9.47 Å². The first kappa shape index (κ1) is 33.5. The summed E-state index contributed by atoms with van der Waals surface area (Å²) in [5.74, 6) is 1.81. The Kier molecular flexibility index (Phi) is 29.1. The van der Waals surface area contributed by atoms with E-state index in [0.717, 1.165) is 19.0 Å². The lowest BCUT2D eigenvalue weighted by Gasteiger charge is -2.20. The van der Waals surface area contributed by atoms with Crippen molar-refractivity contribution >= 4 is 22.1 Å². The van der Waals surface area contributed by atoms with Crippen LogP contribution < -0.4 is 0 Å². The van der Waals surface area contributed by atoms with Gasteiger partial charge >= 0.3 is 0 Å². The number of hydrogen-bond donors (Lipinski definition) is 1. The molecule has 200 valence electrons. The van der Waals surface area contributed by atoms with Gasteiger partial charge in [-0.05, 0) is 24.5 Å². The van der Waals surface area contributed by atoms with Crippen molar-refractivity contribution in [3.63, 3.8) is 0 Å². The van der Waals surface area contributed by atoms with Gasteiger partial charge in [-0.2, -0.15) is 12.6 Å². The molecule has 0 saturated heterocycles. The number of unbranched alkanes of at least 4 members (excludes halogenated alkanes) is 18. The normalized spacial score (nSPS) is 13.0. The molecule has 4 heteroatoms. The summed E-state index contributed by atoms with van der Waals surface area (Å²) in [6.45, 7) is 8.67. The van der Waals surface area contributed by atoms with E-state index in [1.54, 1.807) is 0 Å². The summed E-state index contributed by atoms with van der Waals surface area (Å²) in [7, 11) is -0.343. The van der Waals surface area contributed by atoms with Crippen molar-refractivity contribution in [3.8, 4) is 0 Å². The smallest absolute Gasteiger partial charge is 0.134 e. The molecule has 0 rings (SSSR count). The van der Waals surface area contributed by atoms with Gasteiger partial charge in [0.25, 0.3) is 0 Å². The van der Waals surface area contributed by atoms with Crippen molar-refractivity contribution in [2.45, 2.75) is 161 Å². The van der Waals surface area contributed by atoms with Crippen LogP contribution >= 0.6 is 12.6 Å². The van der Waals surface area contributed by atoms with Crippen molar-refractivity contribution in [1.82, 2.24) is 0 Å². The number of hydrogen-bond acceptors (Lipinski definition) is 3. The Morgan fingerprint density at radius 2 is 0.879 bits per heavy atom. The fraction of sp³-hybridized carbons (Fsp3) is 1.00. The summed E-state index contributed by atoms with van der Waals surface area (Å²) in [6, 6.07) is 1.28. The van der Waals surface area contributed by atoms with Gasteiger partial charge in [0.15, 0.2) is 0 Å². The average molecular weight is 503 g/mol. The van der Waals surface area contributed by atoms with Crippen LogP contribution in [0.3, 0.4) is 0 Å². The summed E-state index contributed by atoms with van der Waals surface area (Å²) in [6.07, 6.45) is 27.5. The molecule has 0 N–H and O–H groups in total. The van der Waals surface area contributed by atoms with E-state index in [1.165, 1.54) is 134 Å². The molecule has 0 aliphatic heterocycles. The Labute approximate surface area is 217 Å². The highest BCUT2D eigenvalue weighted by molar-refractivity contribution is 7.80. The lowest BCUT2D eigenvalue weighted by atomic mass is 10.1. The van der Waals surface area contributed by atoms with Gasteiger partial charge in [-0.25, -0.2) is 0 Å². The monoisotopic (exact) mass is 502 g/mol. The maximum Gasteiger partial charge on any atom is 0.134 e. The molecule has 0 bridgehead atoms. The molecule has 0 fully saturated rings. The fourth-order valence-electron chi connectivity index (χ4n) is 4.34. The van der Waals surface area contributed by atoms with Gasteiger partial charge in [0.05, 0.1) is 9.52 Å². The van der Waals surface area contributed by atoms with E-state index >= 15 is 0 Å². The first-order valence-electron chi connectivity index (χ1n) is 15.1. The number of thiol groups is 1. The second-order valence-electron chi connectivity index (χ2n) is 10.4. The van der Waals surface area contributed by atoms with E-state index in [-0.39, 0.29) is 15.4 Å². The molecule has 1 unspecified atom stereocenters. The van der Waals surface area contributed by atoms with Crippen molar-refractivity contribution < 1.29 is 9.47 Å². The fourth-order valence-corrected chi connectivity index (χ4v) is 6.57. The van der Waals surface area contributed by atoms with E-state index in [2.05, 4.69) is 33.4 Å². The molecule has 0 aliphatic carbocycles. The third-order valence-electron chi connectivity index (χ3n) is 6.81. The maximum atomic E-state index is 6.22. The zero-order valence-corrected chi connectivity index (χ0v) is 25.4. The molecule has 0 aromatic rings. The van der Waals surface area contributed by atoms with Crippen molar-refractivity contribution in [2.24, 2.45) is 5.92 Å². The first-order chi connectivity index (χ1) is 16.2. The van der Waals surface area contributed by atoms with Crippen molar-refractivity contribution in [1.29, 1.82) is 0 Å². The van der Waals surface area contributed by atoms with Gasteiger partial charge in [-0.1, -0.05) is 142 Å². The summed E-state index contributed by atoms with van der Waals surface area (Å²) in [5, 5.41) is 0. The lowest BCUT2D eigenvalue weighted by Crippen LogP contribution is -2.27. The van der Waals surface area contributed by atoms with E-state index in [0.29, 0.717) is 5.92 Å². The Balaban J connectivity index is 3.71. The van der Waals surface area contributed by atoms with Crippen molar-refractivity contribution in [2.75, 3.05) is 19.0 Å². The molecule has 0 amide bonds. The molecular formula is C29H62O2SSi. The van der Waals surface area contributed by atoms with E-state index in [9.17, 15) is 0 Å². The molecule has 0 aliphatic rings. The Morgan fingerprint density at radius 3 is 1.21 bits per heavy atom. The van der Waals surface area contributed by atoms with Gasteiger partial charge in [-0.15, -0.1) is 0 Å². The number of rotatable bonds is 28. The van der Waals surface area contributed by atoms with Crippen LogP contribution in [0.4, 0.5) is 0 Å². The van der Waals surface area contributed by atoms with Crippen LogP contribution in [0, 0.1) is 5.92 Å². The van der Waals surface area contributed by atoms with Crippen LogP contribution in [-0.4, -0.2) is 34.4 Å². The van der Waals surface area contributed by atoms with Crippen LogP contribution in [0.25, 0.3) is 0 Å². The minimum Gasteiger partial charge on any atom is -0.357 e. The van der Waals surface area contributed by atoms with E-state index < -0.39 is 0 Å². The average Bonchev–Trinajstić information content (AvgIpc) is 2.83. The Hall–Kier alpha value is 0.487. The van der Waals surface area contributed by atoms with E-state index in [1.807, 2.05) is 0 Å². The van der Waals surface area contributed by atoms with Crippen LogP contribution in [0.15, 0.2) is 0 Å². The van der Waals surface area contributed by atoms with Crippen LogP contribution in [-0.2, 0) is 9.47 Å². The topological polar surface area (TPSA) is 18.5 Å². The Bertz CT molecular complexity index is 331. The first-order valence-corrected chi connectivity index (χ1v) is 17.5. The minimum atomic E-state index is -0.343. The predicted molar refractivity (Wildman–Crippen MR) is 156 cm³/mol. The summed E-state index contributed by atoms with van der Waals surface area (Å²) >= 11 is 4.46. The molecule has 0 saturated carbocycles. The summed E-state index contributed by atoms with van der Waals surface area (Å²) in [4.78, 5) is 0. The molecule has 0 radical (unpaired) electrons. The highest BCUT2D eigenvalue weighted by atomic mass is 32.1. The minimum absolute atomic E-state index is 0.129. The quantitative estimate of drug-likeness (QED) is 0.0497. The highest BCUT2D eigenvalue weighted by Gasteiger charge is 2.12. The Morgan fingerprint density at radius 1 is 0.545 bits per heavy atom. The molecule has 0 aromatic carbocycles. The second kappa shape index (κ2) is 28.7. The van der Waals surface area contributed by atoms with Gasteiger partial charge in [0.2, 0.25) is 0 Å². The van der Waals surface area contributed by atoms with Crippen molar-refractivity contribution in [3.05, 3.63) is 0 Å². The zero-order chi connectivity index (χ0) is 24.2. The van der Waals surface area contributed by atoms with Gasteiger partial charge in [0, 0.05) is 13.2 Å². The molecule has 0 heterocycles. The number of ether oxygens (including phenoxy) is 2. The van der Waals surface area contributed by atoms with Gasteiger partial charge in [-0.3, -0.25) is 0 Å². The molecular weight excluding hydrogens is 440 g/mol. The zero-order valence-electron chi connectivity index (χ0n) is 23.1. The van der Waals surface area contributed by atoms with Gasteiger partial charge < -0.3 is 9.47 Å². The molecule has 0 aromatic heterocycles. The third kappa shape index (κ3) is 26.9. The summed E-state index contributed by atoms with van der Waals surface area (Å²) in [5.41, 5.74) is 0. The van der Waals surface area contributed by atoms with Crippen LogP contribution in [0.5, 0.6) is 0 Å². The van der Waals surface area contributed by atoms with Gasteiger partial charge in [0.1, 0.15) is 5.91 Å². The highest BCUT2D eigenvalue weighted by Crippen LogP contribution is 2.13. The lowest BCUT2D eigenvalue weighted by molar-refractivity contribution is -0.0926. The second-order valence-corrected chi connectivity index (χ2v) is 12.6. The SMILES string of the molecule is CCCCCCCCCCCCOC(OCCCCCCCCCCCC)[SiH2]CC(C)CS. The molecule has 33 heavy (non-hydrogen) atoms. The maximum absolute atomic E-state index is 6.22. The third-order valence-corrected chi connectivity index (χ3v) is 9.70. The molecule has 0 spiro atoms. The largest absolute Gasteiger partial charge is 0.357 e. The molecule has 1 atom stereocenters. The van der Waals surface area contributed by atoms with Crippen LogP contribution in [0.2, 0.25) is 6.04 Å². The summed E-state index contributed by atoms with van der Waals surface area (Å²) < 4.78 is 12.4.